The minimum absolute atomic E-state index is 0.497. The first kappa shape index (κ1) is 12.3. The Balaban J connectivity index is 2.47. The largest absolute Gasteiger partial charge is 0.493 e. The monoisotopic (exact) mass is 248 g/mol. The first-order valence-electron chi connectivity index (χ1n) is 5.52. The van der Waals surface area contributed by atoms with Crippen molar-refractivity contribution in [3.05, 3.63) is 23.9 Å². The van der Waals surface area contributed by atoms with Crippen LogP contribution in [0.25, 0.3) is 11.3 Å². The van der Waals surface area contributed by atoms with Crippen LogP contribution in [0.3, 0.4) is 0 Å². The van der Waals surface area contributed by atoms with Gasteiger partial charge in [-0.3, -0.25) is 0 Å². The fourth-order valence-corrected chi connectivity index (χ4v) is 1.79. The molecule has 1 aromatic carbocycles. The molecule has 2 rings (SSSR count). The smallest absolute Gasteiger partial charge is 0.294 e. The highest BCUT2D eigenvalue weighted by atomic mass is 16.5. The lowest BCUT2D eigenvalue weighted by Crippen LogP contribution is -1.91. The Morgan fingerprint density at radius 3 is 2.28 bits per heavy atom. The number of aryl methyl sites for hydroxylation is 1. The molecule has 0 radical (unpaired) electrons. The lowest BCUT2D eigenvalue weighted by atomic mass is 10.1. The van der Waals surface area contributed by atoms with Crippen molar-refractivity contribution in [2.24, 2.45) is 0 Å². The zero-order valence-electron chi connectivity index (χ0n) is 10.9. The van der Waals surface area contributed by atoms with Crippen molar-refractivity contribution in [1.29, 1.82) is 0 Å². The molecule has 0 aliphatic rings. The summed E-state index contributed by atoms with van der Waals surface area (Å²) in [7, 11) is 4.80. The van der Waals surface area contributed by atoms with E-state index in [1.807, 2.05) is 25.1 Å². The number of imidazole rings is 1. The summed E-state index contributed by atoms with van der Waals surface area (Å²) >= 11 is 0. The van der Waals surface area contributed by atoms with Gasteiger partial charge >= 0.3 is 0 Å². The van der Waals surface area contributed by atoms with Gasteiger partial charge in [0.2, 0.25) is 0 Å². The molecule has 0 atom stereocenters. The molecule has 0 unspecified atom stereocenters. The Kier molecular flexibility index (Phi) is 3.41. The summed E-state index contributed by atoms with van der Waals surface area (Å²) in [6.45, 7) is 1.95. The molecule has 1 heterocycles. The van der Waals surface area contributed by atoms with Crippen molar-refractivity contribution in [3.8, 4) is 28.8 Å². The van der Waals surface area contributed by atoms with Crippen LogP contribution in [0.15, 0.2) is 18.2 Å². The van der Waals surface area contributed by atoms with Crippen LogP contribution in [0.1, 0.15) is 5.69 Å². The molecule has 1 N–H and O–H groups in total. The third-order valence-electron chi connectivity index (χ3n) is 2.71. The molecule has 0 saturated carbocycles. The zero-order chi connectivity index (χ0) is 13.1. The van der Waals surface area contributed by atoms with Gasteiger partial charge in [-0.1, -0.05) is 0 Å². The number of hydrogen-bond acceptors (Lipinski definition) is 4. The molecule has 0 spiro atoms. The van der Waals surface area contributed by atoms with Crippen LogP contribution < -0.4 is 14.2 Å². The van der Waals surface area contributed by atoms with Crippen LogP contribution in [0.4, 0.5) is 0 Å². The fourth-order valence-electron chi connectivity index (χ4n) is 1.79. The second kappa shape index (κ2) is 5.00. The van der Waals surface area contributed by atoms with E-state index in [0.29, 0.717) is 17.5 Å². The molecule has 0 fully saturated rings. The van der Waals surface area contributed by atoms with Gasteiger partial charge < -0.3 is 19.2 Å². The number of hydrogen-bond donors (Lipinski definition) is 1. The predicted molar refractivity (Wildman–Crippen MR) is 68.4 cm³/mol. The number of rotatable bonds is 4. The van der Waals surface area contributed by atoms with Crippen molar-refractivity contribution >= 4 is 0 Å². The number of aromatic amines is 1. The molecule has 0 amide bonds. The number of nitrogens with zero attached hydrogens (tertiary/aromatic N) is 1. The second-order valence-corrected chi connectivity index (χ2v) is 3.79. The maximum absolute atomic E-state index is 5.28. The summed E-state index contributed by atoms with van der Waals surface area (Å²) < 4.78 is 15.6. The van der Waals surface area contributed by atoms with E-state index in [2.05, 4.69) is 9.97 Å². The average Bonchev–Trinajstić information content (AvgIpc) is 2.79. The standard InChI is InChI=1S/C13H16N2O3/c1-8-12(15-13(14-8)18-4)9-5-6-10(16-2)11(7-9)17-3/h5-7H,1-4H3,(H,14,15). The van der Waals surface area contributed by atoms with Gasteiger partial charge in [-0.25, -0.2) is 0 Å². The molecule has 5 nitrogen and oxygen atoms in total. The molecule has 0 aliphatic carbocycles. The predicted octanol–water partition coefficient (Wildman–Crippen LogP) is 2.41. The third-order valence-corrected chi connectivity index (χ3v) is 2.71. The van der Waals surface area contributed by atoms with Crippen molar-refractivity contribution in [2.75, 3.05) is 21.3 Å². The first-order chi connectivity index (χ1) is 8.69. The Morgan fingerprint density at radius 2 is 1.72 bits per heavy atom. The Hall–Kier alpha value is -2.17. The van der Waals surface area contributed by atoms with Gasteiger partial charge in [0, 0.05) is 11.3 Å². The Morgan fingerprint density at radius 1 is 1.00 bits per heavy atom. The molecular weight excluding hydrogens is 232 g/mol. The zero-order valence-corrected chi connectivity index (χ0v) is 10.9. The first-order valence-corrected chi connectivity index (χ1v) is 5.52. The van der Waals surface area contributed by atoms with Gasteiger partial charge in [0.25, 0.3) is 6.01 Å². The summed E-state index contributed by atoms with van der Waals surface area (Å²) in [6, 6.07) is 6.18. The van der Waals surface area contributed by atoms with E-state index < -0.39 is 0 Å². The highest BCUT2D eigenvalue weighted by Crippen LogP contribution is 2.33. The van der Waals surface area contributed by atoms with E-state index in [4.69, 9.17) is 14.2 Å². The van der Waals surface area contributed by atoms with Crippen molar-refractivity contribution in [1.82, 2.24) is 9.97 Å². The van der Waals surface area contributed by atoms with Crippen molar-refractivity contribution < 1.29 is 14.2 Å². The van der Waals surface area contributed by atoms with Crippen LogP contribution in [0.5, 0.6) is 17.5 Å². The van der Waals surface area contributed by atoms with Gasteiger partial charge in [0.05, 0.1) is 27.0 Å². The summed E-state index contributed by atoms with van der Waals surface area (Å²) in [4.78, 5) is 7.41. The minimum Gasteiger partial charge on any atom is -0.493 e. The summed E-state index contributed by atoms with van der Waals surface area (Å²) in [5, 5.41) is 0. The molecule has 96 valence electrons. The molecule has 2 aromatic rings. The summed E-state index contributed by atoms with van der Waals surface area (Å²) in [5.74, 6) is 1.37. The van der Waals surface area contributed by atoms with E-state index >= 15 is 0 Å². The maximum Gasteiger partial charge on any atom is 0.294 e. The van der Waals surface area contributed by atoms with Crippen LogP contribution in [-0.4, -0.2) is 31.3 Å². The molecule has 5 heteroatoms. The fraction of sp³-hybridized carbons (Fsp3) is 0.308. The quantitative estimate of drug-likeness (QED) is 0.902. The molecule has 0 bridgehead atoms. The van der Waals surface area contributed by atoms with E-state index in [9.17, 15) is 0 Å². The summed E-state index contributed by atoms with van der Waals surface area (Å²) in [6.07, 6.45) is 0. The number of nitrogens with one attached hydrogen (secondary N) is 1. The van der Waals surface area contributed by atoms with Crippen molar-refractivity contribution in [3.63, 3.8) is 0 Å². The van der Waals surface area contributed by atoms with Crippen LogP contribution >= 0.6 is 0 Å². The number of benzene rings is 1. The van der Waals surface area contributed by atoms with Gasteiger partial charge in [-0.2, -0.15) is 4.98 Å². The molecule has 1 aromatic heterocycles. The lowest BCUT2D eigenvalue weighted by molar-refractivity contribution is 0.355. The SMILES string of the molecule is COc1nc(-c2ccc(OC)c(OC)c2)c(C)[nH]1. The Bertz CT molecular complexity index is 549. The number of methoxy groups -OCH3 is 3. The highest BCUT2D eigenvalue weighted by molar-refractivity contribution is 5.66. The van der Waals surface area contributed by atoms with Gasteiger partial charge in [-0.15, -0.1) is 0 Å². The van der Waals surface area contributed by atoms with Gasteiger partial charge in [0.15, 0.2) is 11.5 Å². The topological polar surface area (TPSA) is 56.4 Å². The van der Waals surface area contributed by atoms with Crippen molar-refractivity contribution in [2.45, 2.75) is 6.92 Å². The summed E-state index contributed by atoms with van der Waals surface area (Å²) in [5.41, 5.74) is 2.73. The second-order valence-electron chi connectivity index (χ2n) is 3.79. The molecule has 0 saturated heterocycles. The lowest BCUT2D eigenvalue weighted by Gasteiger charge is -2.08. The van der Waals surface area contributed by atoms with E-state index in [-0.39, 0.29) is 0 Å². The molecule has 18 heavy (non-hydrogen) atoms. The number of H-pyrrole nitrogens is 1. The maximum atomic E-state index is 5.28. The van der Waals surface area contributed by atoms with Crippen LogP contribution in [0.2, 0.25) is 0 Å². The minimum atomic E-state index is 0.497. The number of aromatic nitrogens is 2. The average molecular weight is 248 g/mol. The highest BCUT2D eigenvalue weighted by Gasteiger charge is 2.12. The molecular formula is C13H16N2O3. The normalized spacial score (nSPS) is 10.2. The van der Waals surface area contributed by atoms with Gasteiger partial charge in [-0.05, 0) is 25.1 Å². The Labute approximate surface area is 106 Å². The van der Waals surface area contributed by atoms with E-state index in [1.54, 1.807) is 21.3 Å². The number of ether oxygens (including phenoxy) is 3. The van der Waals surface area contributed by atoms with Gasteiger partial charge in [0.1, 0.15) is 0 Å². The van der Waals surface area contributed by atoms with E-state index in [0.717, 1.165) is 17.0 Å². The van der Waals surface area contributed by atoms with E-state index in [1.165, 1.54) is 0 Å². The third kappa shape index (κ3) is 2.11. The van der Waals surface area contributed by atoms with Crippen LogP contribution in [0, 0.1) is 6.92 Å². The molecule has 0 aliphatic heterocycles. The van der Waals surface area contributed by atoms with Crippen LogP contribution in [-0.2, 0) is 0 Å².